The Kier molecular flexibility index (Phi) is 2.96. The van der Waals surface area contributed by atoms with E-state index in [1.165, 1.54) is 55.7 Å². The Morgan fingerprint density at radius 2 is 2.00 bits per heavy atom. The third kappa shape index (κ3) is 1.88. The fourth-order valence-corrected chi connectivity index (χ4v) is 3.50. The van der Waals surface area contributed by atoms with Gasteiger partial charge in [-0.2, -0.15) is 5.10 Å². The lowest BCUT2D eigenvalue weighted by Gasteiger charge is -2.37. The van der Waals surface area contributed by atoms with Crippen molar-refractivity contribution in [2.75, 3.05) is 17.2 Å². The van der Waals surface area contributed by atoms with Gasteiger partial charge in [-0.05, 0) is 25.7 Å². The van der Waals surface area contributed by atoms with Gasteiger partial charge in [-0.15, -0.1) is 0 Å². The monoisotopic (exact) mass is 248 g/mol. The first-order valence-corrected chi connectivity index (χ1v) is 7.32. The number of anilines is 2. The summed E-state index contributed by atoms with van der Waals surface area (Å²) in [5.41, 5.74) is 2.74. The van der Waals surface area contributed by atoms with Gasteiger partial charge in [-0.3, -0.25) is 4.68 Å². The van der Waals surface area contributed by atoms with Gasteiger partial charge in [0.2, 0.25) is 0 Å². The molecule has 0 amide bonds. The van der Waals surface area contributed by atoms with Gasteiger partial charge in [0, 0.05) is 19.1 Å². The molecule has 0 unspecified atom stereocenters. The fraction of sp³-hybridized carbons (Fsp3) is 0.786. The molecule has 4 heteroatoms. The molecular weight excluding hydrogens is 224 g/mol. The highest BCUT2D eigenvalue weighted by Crippen LogP contribution is 2.39. The van der Waals surface area contributed by atoms with E-state index in [2.05, 4.69) is 29.7 Å². The molecule has 1 spiro atoms. The van der Waals surface area contributed by atoms with Crippen LogP contribution in [0.2, 0.25) is 0 Å². The lowest BCUT2D eigenvalue weighted by molar-refractivity contribution is 0.311. The molecule has 3 rings (SSSR count). The predicted octanol–water partition coefficient (Wildman–Crippen LogP) is 2.91. The minimum atomic E-state index is 0.315. The summed E-state index contributed by atoms with van der Waals surface area (Å²) in [6.07, 6.45) is 8.95. The maximum atomic E-state index is 4.62. The number of hydrogen-bond donors (Lipinski definition) is 2. The van der Waals surface area contributed by atoms with Crippen LogP contribution in [0.3, 0.4) is 0 Å². The molecule has 2 N–H and O–H groups in total. The molecule has 0 aromatic carbocycles. The minimum absolute atomic E-state index is 0.315. The molecule has 1 aromatic rings. The van der Waals surface area contributed by atoms with Crippen LogP contribution in [0.25, 0.3) is 0 Å². The summed E-state index contributed by atoms with van der Waals surface area (Å²) >= 11 is 0. The molecule has 1 saturated carbocycles. The maximum absolute atomic E-state index is 4.62. The van der Waals surface area contributed by atoms with Crippen molar-refractivity contribution in [3.05, 3.63) is 5.69 Å². The topological polar surface area (TPSA) is 41.9 Å². The first-order chi connectivity index (χ1) is 8.74. The summed E-state index contributed by atoms with van der Waals surface area (Å²) in [7, 11) is 2.05. The number of rotatable bonds is 1. The van der Waals surface area contributed by atoms with Crippen LogP contribution in [0.1, 0.15) is 51.1 Å². The molecule has 2 heterocycles. The number of nitrogens with zero attached hydrogens (tertiary/aromatic N) is 2. The van der Waals surface area contributed by atoms with Crippen molar-refractivity contribution in [1.29, 1.82) is 0 Å². The van der Waals surface area contributed by atoms with Gasteiger partial charge >= 0.3 is 0 Å². The zero-order valence-corrected chi connectivity index (χ0v) is 11.6. The van der Waals surface area contributed by atoms with Crippen molar-refractivity contribution in [1.82, 2.24) is 9.78 Å². The Morgan fingerprint density at radius 3 is 2.72 bits per heavy atom. The van der Waals surface area contributed by atoms with E-state index in [4.69, 9.17) is 0 Å². The molecule has 4 nitrogen and oxygen atoms in total. The van der Waals surface area contributed by atoms with E-state index in [0.717, 1.165) is 13.0 Å². The van der Waals surface area contributed by atoms with Crippen molar-refractivity contribution in [2.24, 2.45) is 7.05 Å². The molecule has 100 valence electrons. The van der Waals surface area contributed by atoms with E-state index in [0.29, 0.717) is 5.54 Å². The molecule has 0 atom stereocenters. The molecular formula is C14H24N4. The maximum Gasteiger partial charge on any atom is 0.148 e. The molecule has 0 saturated heterocycles. The van der Waals surface area contributed by atoms with Crippen LogP contribution in [0.4, 0.5) is 11.5 Å². The number of aryl methyl sites for hydroxylation is 2. The van der Waals surface area contributed by atoms with E-state index in [1.807, 2.05) is 4.68 Å². The second-order valence-corrected chi connectivity index (χ2v) is 5.79. The van der Waals surface area contributed by atoms with Crippen LogP contribution in [0.15, 0.2) is 0 Å². The lowest BCUT2D eigenvalue weighted by atomic mass is 9.79. The van der Waals surface area contributed by atoms with Crippen LogP contribution < -0.4 is 10.6 Å². The van der Waals surface area contributed by atoms with E-state index in [-0.39, 0.29) is 0 Å². The zero-order chi connectivity index (χ0) is 12.6. The van der Waals surface area contributed by atoms with Crippen molar-refractivity contribution in [3.63, 3.8) is 0 Å². The van der Waals surface area contributed by atoms with Crippen molar-refractivity contribution < 1.29 is 0 Å². The Balaban J connectivity index is 1.94. The highest BCUT2D eigenvalue weighted by Gasteiger charge is 2.35. The van der Waals surface area contributed by atoms with Crippen molar-refractivity contribution in [3.8, 4) is 0 Å². The predicted molar refractivity (Wildman–Crippen MR) is 75.1 cm³/mol. The fourth-order valence-electron chi connectivity index (χ4n) is 3.50. The third-order valence-corrected chi connectivity index (χ3v) is 4.55. The number of nitrogens with one attached hydrogen (secondary N) is 2. The second-order valence-electron chi connectivity index (χ2n) is 5.79. The number of hydrogen-bond acceptors (Lipinski definition) is 3. The molecule has 1 aromatic heterocycles. The van der Waals surface area contributed by atoms with E-state index < -0.39 is 0 Å². The smallest absolute Gasteiger partial charge is 0.148 e. The zero-order valence-electron chi connectivity index (χ0n) is 11.6. The molecule has 18 heavy (non-hydrogen) atoms. The SMILES string of the molecule is CCc1nn(C)c2c1NCCC1(CCCCC1)N2. The molecule has 0 bridgehead atoms. The molecule has 1 aliphatic heterocycles. The largest absolute Gasteiger partial charge is 0.380 e. The van der Waals surface area contributed by atoms with Crippen LogP contribution >= 0.6 is 0 Å². The molecule has 1 fully saturated rings. The molecule has 2 aliphatic rings. The quantitative estimate of drug-likeness (QED) is 0.803. The first-order valence-electron chi connectivity index (χ1n) is 7.32. The van der Waals surface area contributed by atoms with Crippen molar-refractivity contribution in [2.45, 2.75) is 57.4 Å². The standard InChI is InChI=1S/C14H24N4/c1-3-11-12-13(18(2)17-11)16-14(9-10-15-12)7-5-4-6-8-14/h15-16H,3-10H2,1-2H3. The first kappa shape index (κ1) is 11.9. The summed E-state index contributed by atoms with van der Waals surface area (Å²) < 4.78 is 2.02. The Labute approximate surface area is 109 Å². The summed E-state index contributed by atoms with van der Waals surface area (Å²) in [6, 6.07) is 0. The minimum Gasteiger partial charge on any atom is -0.380 e. The summed E-state index contributed by atoms with van der Waals surface area (Å²) in [5.74, 6) is 1.20. The molecule has 1 aliphatic carbocycles. The van der Waals surface area contributed by atoms with Gasteiger partial charge in [0.05, 0.1) is 5.69 Å². The Hall–Kier alpha value is -1.19. The van der Waals surface area contributed by atoms with E-state index in [1.54, 1.807) is 0 Å². The highest BCUT2D eigenvalue weighted by atomic mass is 15.3. The summed E-state index contributed by atoms with van der Waals surface area (Å²) in [4.78, 5) is 0. The van der Waals surface area contributed by atoms with Gasteiger partial charge in [0.25, 0.3) is 0 Å². The average Bonchev–Trinajstić information content (AvgIpc) is 2.58. The van der Waals surface area contributed by atoms with Crippen molar-refractivity contribution >= 4 is 11.5 Å². The Morgan fingerprint density at radius 1 is 1.22 bits per heavy atom. The summed E-state index contributed by atoms with van der Waals surface area (Å²) in [6.45, 7) is 3.24. The van der Waals surface area contributed by atoms with Gasteiger partial charge < -0.3 is 10.6 Å². The summed E-state index contributed by atoms with van der Waals surface area (Å²) in [5, 5.41) is 12.0. The second kappa shape index (κ2) is 4.48. The molecule has 0 radical (unpaired) electrons. The lowest BCUT2D eigenvalue weighted by Crippen LogP contribution is -2.41. The van der Waals surface area contributed by atoms with Gasteiger partial charge in [-0.25, -0.2) is 0 Å². The highest BCUT2D eigenvalue weighted by molar-refractivity contribution is 5.70. The third-order valence-electron chi connectivity index (χ3n) is 4.55. The van der Waals surface area contributed by atoms with Gasteiger partial charge in [0.1, 0.15) is 11.5 Å². The number of fused-ring (bicyclic) bond motifs is 1. The normalized spacial score (nSPS) is 21.9. The van der Waals surface area contributed by atoms with Crippen LogP contribution in [0, 0.1) is 0 Å². The Bertz CT molecular complexity index is 429. The van der Waals surface area contributed by atoms with Crippen LogP contribution in [0.5, 0.6) is 0 Å². The average molecular weight is 248 g/mol. The van der Waals surface area contributed by atoms with Gasteiger partial charge in [-0.1, -0.05) is 26.2 Å². The number of aromatic nitrogens is 2. The van der Waals surface area contributed by atoms with Crippen LogP contribution in [-0.4, -0.2) is 21.9 Å². The van der Waals surface area contributed by atoms with Gasteiger partial charge in [0.15, 0.2) is 0 Å². The van der Waals surface area contributed by atoms with E-state index in [9.17, 15) is 0 Å². The van der Waals surface area contributed by atoms with Crippen LogP contribution in [-0.2, 0) is 13.5 Å². The van der Waals surface area contributed by atoms with E-state index >= 15 is 0 Å².